The van der Waals surface area contributed by atoms with E-state index in [4.69, 9.17) is 10.7 Å². The van der Waals surface area contributed by atoms with Crippen LogP contribution >= 0.6 is 0 Å². The molecule has 2 unspecified atom stereocenters. The van der Waals surface area contributed by atoms with Gasteiger partial charge in [0.15, 0.2) is 11.5 Å². The van der Waals surface area contributed by atoms with E-state index in [9.17, 15) is 28.8 Å². The molecule has 4 aromatic rings. The number of benzene rings is 3. The van der Waals surface area contributed by atoms with E-state index in [1.54, 1.807) is 12.1 Å². The van der Waals surface area contributed by atoms with Gasteiger partial charge in [-0.15, -0.1) is 10.2 Å². The zero-order valence-electron chi connectivity index (χ0n) is 36.1. The quantitative estimate of drug-likeness (QED) is 0.194. The number of imide groups is 2. The molecule has 10 rings (SSSR count). The van der Waals surface area contributed by atoms with Gasteiger partial charge in [-0.25, -0.2) is 4.79 Å². The number of primary amides is 1. The first-order valence-electron chi connectivity index (χ1n) is 22.7. The molecule has 5 fully saturated rings. The Morgan fingerprint density at radius 3 is 2.20 bits per heavy atom. The molecule has 65 heavy (non-hydrogen) atoms. The maximum atomic E-state index is 13.5. The van der Waals surface area contributed by atoms with E-state index in [0.717, 1.165) is 86.7 Å². The minimum absolute atomic E-state index is 0.00129. The Labute approximate surface area is 376 Å². The van der Waals surface area contributed by atoms with Crippen LogP contribution in [0.3, 0.4) is 0 Å². The van der Waals surface area contributed by atoms with E-state index < -0.39 is 35.6 Å². The van der Waals surface area contributed by atoms with Gasteiger partial charge in [0.05, 0.1) is 17.2 Å². The smallest absolute Gasteiger partial charge is 0.324 e. The highest BCUT2D eigenvalue weighted by molar-refractivity contribution is 6.23. The molecule has 18 nitrogen and oxygen atoms in total. The average molecular weight is 881 g/mol. The van der Waals surface area contributed by atoms with E-state index >= 15 is 0 Å². The summed E-state index contributed by atoms with van der Waals surface area (Å²) in [6.45, 7) is 6.15. The predicted molar refractivity (Wildman–Crippen MR) is 241 cm³/mol. The number of nitrogens with one attached hydrogen (secondary N) is 2. The molecule has 0 bridgehead atoms. The van der Waals surface area contributed by atoms with Crippen LogP contribution in [0.2, 0.25) is 0 Å². The Morgan fingerprint density at radius 1 is 0.708 bits per heavy atom. The summed E-state index contributed by atoms with van der Waals surface area (Å²) in [4.78, 5) is 93.1. The number of urea groups is 1. The van der Waals surface area contributed by atoms with Crippen molar-refractivity contribution in [3.05, 3.63) is 95.2 Å². The number of hydrogen-bond acceptors (Lipinski definition) is 13. The Bertz CT molecular complexity index is 2520. The zero-order chi connectivity index (χ0) is 44.8. The number of carbonyl (C=O) groups is 6. The molecule has 18 heteroatoms. The summed E-state index contributed by atoms with van der Waals surface area (Å²) in [5.74, 6) is -1.70. The Kier molecular flexibility index (Phi) is 11.3. The molecule has 7 heterocycles. The van der Waals surface area contributed by atoms with Gasteiger partial charge in [0.2, 0.25) is 17.8 Å². The molecule has 336 valence electrons. The lowest BCUT2D eigenvalue weighted by molar-refractivity contribution is -0.136. The summed E-state index contributed by atoms with van der Waals surface area (Å²) in [6.07, 6.45) is 5.97. The Morgan fingerprint density at radius 2 is 1.46 bits per heavy atom. The van der Waals surface area contributed by atoms with Crippen LogP contribution in [0.25, 0.3) is 0 Å². The van der Waals surface area contributed by atoms with Crippen LogP contribution in [-0.4, -0.2) is 136 Å². The number of fused-ring (bicyclic) bond motifs is 1. The lowest BCUT2D eigenvalue weighted by atomic mass is 9.88. The van der Waals surface area contributed by atoms with Crippen LogP contribution in [0.15, 0.2) is 72.8 Å². The van der Waals surface area contributed by atoms with Crippen molar-refractivity contribution in [3.8, 4) is 0 Å². The van der Waals surface area contributed by atoms with Crippen LogP contribution in [0.4, 0.5) is 33.6 Å². The van der Waals surface area contributed by atoms with E-state index in [1.165, 1.54) is 5.56 Å². The van der Waals surface area contributed by atoms with Gasteiger partial charge >= 0.3 is 6.03 Å². The number of nitrogens with two attached hydrogens (primary N) is 1. The van der Waals surface area contributed by atoms with Crippen molar-refractivity contribution in [2.45, 2.75) is 75.4 Å². The van der Waals surface area contributed by atoms with Gasteiger partial charge in [0.25, 0.3) is 17.7 Å². The summed E-state index contributed by atoms with van der Waals surface area (Å²) in [6, 6.07) is 22.8. The SMILES string of the molecule is NC(=O)c1nnc(N2CCCC(N3CCN(c4ccccc4)C3=O)C2)nc1Nc1ccc(C2CCN(C3CCN(c4ccc5c(c4)C(=O)N(C4CCC(=O)NC4=O)C5=O)CC3)CC2)cc1. The highest BCUT2D eigenvalue weighted by Crippen LogP contribution is 2.35. The molecular formula is C47H52N12O6. The second-order valence-electron chi connectivity index (χ2n) is 17.8. The molecule has 4 N–H and O–H groups in total. The maximum Gasteiger partial charge on any atom is 0.324 e. The highest BCUT2D eigenvalue weighted by Gasteiger charge is 2.45. The predicted octanol–water partition coefficient (Wildman–Crippen LogP) is 3.87. The van der Waals surface area contributed by atoms with Crippen LogP contribution in [-0.2, 0) is 9.59 Å². The molecule has 5 saturated heterocycles. The molecule has 7 amide bonds. The summed E-state index contributed by atoms with van der Waals surface area (Å²) >= 11 is 0. The first-order valence-corrected chi connectivity index (χ1v) is 22.7. The molecule has 2 atom stereocenters. The van der Waals surface area contributed by atoms with E-state index in [-0.39, 0.29) is 36.4 Å². The Hall–Kier alpha value is -6.95. The van der Waals surface area contributed by atoms with E-state index in [0.29, 0.717) is 55.2 Å². The second-order valence-corrected chi connectivity index (χ2v) is 17.8. The lowest BCUT2D eigenvalue weighted by Gasteiger charge is -2.42. The molecule has 0 saturated carbocycles. The van der Waals surface area contributed by atoms with E-state index in [1.807, 2.05) is 63.2 Å². The number of likely N-dealkylation sites (tertiary alicyclic amines) is 1. The number of rotatable bonds is 10. The number of anilines is 5. The fourth-order valence-corrected chi connectivity index (χ4v) is 10.6. The molecule has 0 aliphatic carbocycles. The van der Waals surface area contributed by atoms with Crippen LogP contribution in [0.5, 0.6) is 0 Å². The monoisotopic (exact) mass is 880 g/mol. The zero-order valence-corrected chi connectivity index (χ0v) is 36.1. The molecule has 0 radical (unpaired) electrons. The van der Waals surface area contributed by atoms with Crippen molar-refractivity contribution in [2.75, 3.05) is 72.4 Å². The number of nitrogens with zero attached hydrogens (tertiary/aromatic N) is 9. The van der Waals surface area contributed by atoms with Gasteiger partial charge in [-0.3, -0.25) is 39.1 Å². The summed E-state index contributed by atoms with van der Waals surface area (Å²) in [5.41, 5.74) is 10.1. The topological polar surface area (TPSA) is 211 Å². The van der Waals surface area contributed by atoms with Crippen LogP contribution < -0.4 is 31.1 Å². The first-order chi connectivity index (χ1) is 31.6. The number of hydrogen-bond donors (Lipinski definition) is 3. The van der Waals surface area contributed by atoms with Crippen molar-refractivity contribution in [1.82, 2.24) is 35.2 Å². The number of amides is 7. The second kappa shape index (κ2) is 17.6. The van der Waals surface area contributed by atoms with Gasteiger partial charge in [-0.2, -0.15) is 4.98 Å². The summed E-state index contributed by atoms with van der Waals surface area (Å²) in [5, 5.41) is 14.0. The van der Waals surface area contributed by atoms with Crippen LogP contribution in [0.1, 0.15) is 94.1 Å². The van der Waals surface area contributed by atoms with Gasteiger partial charge in [-0.1, -0.05) is 30.3 Å². The number of carbonyl (C=O) groups excluding carboxylic acids is 6. The van der Waals surface area contributed by atoms with Crippen molar-refractivity contribution in [2.24, 2.45) is 5.73 Å². The van der Waals surface area contributed by atoms with Gasteiger partial charge in [0.1, 0.15) is 6.04 Å². The third kappa shape index (κ3) is 8.22. The standard InChI is InChI=1S/C47H52N12O6/c48-41(61)40-42(51-46(53-52-40)56-20-4-7-35(28-56)58-26-25-57(47(58)65)33-5-2-1-3-6-33)49-31-10-8-29(9-11-31)30-16-21-54(22-17-30)32-18-23-55(24-19-32)34-12-13-36-37(27-34)45(64)59(44(36)63)38-14-15-39(60)50-43(38)62/h1-3,5-6,8-13,27,30,32,35,38H,4,7,14-26,28H2,(H2,48,61)(H,49,51,53)(H,50,60,62). The first kappa shape index (κ1) is 42.0. The molecule has 6 aliphatic rings. The molecule has 0 spiro atoms. The normalized spacial score (nSPS) is 22.5. The molecular weight excluding hydrogens is 829 g/mol. The van der Waals surface area contributed by atoms with Crippen molar-refractivity contribution >= 4 is 64.4 Å². The number of para-hydroxylation sites is 1. The van der Waals surface area contributed by atoms with Gasteiger partial charge in [0, 0.05) is 68.8 Å². The van der Waals surface area contributed by atoms with Crippen molar-refractivity contribution < 1.29 is 28.8 Å². The minimum atomic E-state index is -0.982. The van der Waals surface area contributed by atoms with E-state index in [2.05, 4.69) is 42.8 Å². The van der Waals surface area contributed by atoms with Gasteiger partial charge < -0.3 is 30.7 Å². The third-order valence-corrected chi connectivity index (χ3v) is 14.1. The van der Waals surface area contributed by atoms with Gasteiger partial charge in [-0.05, 0) is 112 Å². The number of piperidine rings is 4. The minimum Gasteiger partial charge on any atom is -0.371 e. The summed E-state index contributed by atoms with van der Waals surface area (Å²) in [7, 11) is 0. The molecule has 3 aromatic carbocycles. The fourth-order valence-electron chi connectivity index (χ4n) is 10.6. The largest absolute Gasteiger partial charge is 0.371 e. The Balaban J connectivity index is 0.720. The maximum absolute atomic E-state index is 13.5. The molecule has 6 aliphatic heterocycles. The van der Waals surface area contributed by atoms with Crippen molar-refractivity contribution in [1.29, 1.82) is 0 Å². The summed E-state index contributed by atoms with van der Waals surface area (Å²) < 4.78 is 0. The lowest BCUT2D eigenvalue weighted by Crippen LogP contribution is -2.54. The average Bonchev–Trinajstić information content (AvgIpc) is 3.84. The number of aromatic nitrogens is 3. The highest BCUT2D eigenvalue weighted by atomic mass is 16.2. The fraction of sp³-hybridized carbons (Fsp3) is 0.426. The molecule has 1 aromatic heterocycles. The third-order valence-electron chi connectivity index (χ3n) is 14.1. The van der Waals surface area contributed by atoms with Crippen LogP contribution in [0, 0.1) is 0 Å². The van der Waals surface area contributed by atoms with Crippen molar-refractivity contribution in [3.63, 3.8) is 0 Å².